The van der Waals surface area contributed by atoms with Crippen LogP contribution in [0.4, 0.5) is 0 Å². The molecule has 0 aromatic heterocycles. The van der Waals surface area contributed by atoms with Gasteiger partial charge < -0.3 is 28.1 Å². The first-order chi connectivity index (χ1) is 25.5. The molecule has 3 fully saturated rings. The van der Waals surface area contributed by atoms with Gasteiger partial charge in [0.25, 0.3) is 0 Å². The Morgan fingerprint density at radius 1 is 0.792 bits per heavy atom. The van der Waals surface area contributed by atoms with Gasteiger partial charge in [-0.25, -0.2) is 0 Å². The number of hydrogen-bond acceptors (Lipinski definition) is 6. The highest BCUT2D eigenvalue weighted by Crippen LogP contribution is 2.66. The van der Waals surface area contributed by atoms with Gasteiger partial charge in [-0.1, -0.05) is 109 Å². The van der Waals surface area contributed by atoms with Crippen molar-refractivity contribution in [1.29, 1.82) is 0 Å². The number of fused-ring (bicyclic) bond motifs is 6. The van der Waals surface area contributed by atoms with E-state index in [1.165, 1.54) is 80.9 Å². The van der Waals surface area contributed by atoms with E-state index in [9.17, 15) is 0 Å². The molecule has 0 radical (unpaired) electrons. The highest BCUT2D eigenvalue weighted by Gasteiger charge is 2.67. The normalized spacial score (nSPS) is 26.4. The van der Waals surface area contributed by atoms with Crippen molar-refractivity contribution in [3.05, 3.63) is 65.2 Å². The lowest BCUT2D eigenvalue weighted by Crippen LogP contribution is -2.56. The molecule has 3 aliphatic carbocycles. The molecule has 5 atom stereocenters. The van der Waals surface area contributed by atoms with Crippen molar-refractivity contribution < 1.29 is 28.1 Å². The summed E-state index contributed by atoms with van der Waals surface area (Å²) >= 11 is 0. The van der Waals surface area contributed by atoms with Gasteiger partial charge in [-0.3, -0.25) is 0 Å². The van der Waals surface area contributed by atoms with E-state index < -0.39 is 14.1 Å². The predicted molar refractivity (Wildman–Crippen MR) is 217 cm³/mol. The van der Waals surface area contributed by atoms with Gasteiger partial charge >= 0.3 is 0 Å². The van der Waals surface area contributed by atoms with Gasteiger partial charge in [0.2, 0.25) is 0 Å². The first-order valence-corrected chi connectivity index (χ1v) is 24.3. The van der Waals surface area contributed by atoms with Crippen LogP contribution in [0.5, 0.6) is 5.75 Å². The Hall–Kier alpha value is -1.74. The largest absolute Gasteiger partial charge is 0.489 e. The minimum Gasteiger partial charge on any atom is -0.489 e. The van der Waals surface area contributed by atoms with Gasteiger partial charge in [0, 0.05) is 31.0 Å². The van der Waals surface area contributed by atoms with Crippen LogP contribution in [-0.2, 0) is 36.4 Å². The minimum absolute atomic E-state index is 0.0362. The van der Waals surface area contributed by atoms with Crippen molar-refractivity contribution in [1.82, 2.24) is 0 Å². The van der Waals surface area contributed by atoms with Crippen molar-refractivity contribution in [2.24, 2.45) is 17.3 Å². The van der Waals surface area contributed by atoms with Crippen LogP contribution in [0.3, 0.4) is 0 Å². The van der Waals surface area contributed by atoms with Crippen molar-refractivity contribution in [3.8, 4) is 5.75 Å². The van der Waals surface area contributed by atoms with Crippen molar-refractivity contribution >= 4 is 8.32 Å². The van der Waals surface area contributed by atoms with Gasteiger partial charge in [0.05, 0.1) is 32.5 Å². The lowest BCUT2D eigenvalue weighted by Gasteiger charge is -2.55. The molecule has 1 spiro atoms. The molecule has 2 aromatic carbocycles. The molecule has 53 heavy (non-hydrogen) atoms. The van der Waals surface area contributed by atoms with Crippen LogP contribution < -0.4 is 4.74 Å². The van der Waals surface area contributed by atoms with Gasteiger partial charge in [-0.15, -0.1) is 0 Å². The molecule has 2 saturated carbocycles. The summed E-state index contributed by atoms with van der Waals surface area (Å²) in [5.74, 6) is 2.04. The number of unbranched alkanes of at least 4 members (excludes halogenated alkanes) is 8. The van der Waals surface area contributed by atoms with Crippen molar-refractivity contribution in [2.45, 2.75) is 160 Å². The Morgan fingerprint density at radius 2 is 1.47 bits per heavy atom. The monoisotopic (exact) mass is 749 g/mol. The molecule has 1 saturated heterocycles. The van der Waals surface area contributed by atoms with Crippen LogP contribution in [0.25, 0.3) is 0 Å². The first kappa shape index (κ1) is 40.9. The van der Waals surface area contributed by atoms with E-state index in [-0.39, 0.29) is 11.5 Å². The molecular weight excluding hydrogens is 677 g/mol. The topological polar surface area (TPSA) is 55.4 Å². The lowest BCUT2D eigenvalue weighted by atomic mass is 9.53. The third kappa shape index (κ3) is 9.80. The fraction of sp³-hybridized carbons (Fsp3) is 0.739. The molecule has 0 bridgehead atoms. The average Bonchev–Trinajstić information content (AvgIpc) is 3.74. The third-order valence-electron chi connectivity index (χ3n) is 14.0. The van der Waals surface area contributed by atoms with Crippen LogP contribution in [0.15, 0.2) is 48.5 Å². The van der Waals surface area contributed by atoms with Crippen LogP contribution >= 0.6 is 0 Å². The summed E-state index contributed by atoms with van der Waals surface area (Å²) in [6.07, 6.45) is 17.1. The second-order valence-corrected chi connectivity index (χ2v) is 23.2. The number of hydrogen-bond donors (Lipinski definition) is 0. The molecule has 6 rings (SSSR count). The summed E-state index contributed by atoms with van der Waals surface area (Å²) in [5, 5.41) is 0.307. The van der Waals surface area contributed by atoms with Crippen molar-refractivity contribution in [3.63, 3.8) is 0 Å². The second-order valence-electron chi connectivity index (χ2n) is 18.4. The van der Waals surface area contributed by atoms with E-state index >= 15 is 0 Å². The van der Waals surface area contributed by atoms with Gasteiger partial charge in [-0.05, 0) is 97.3 Å². The fourth-order valence-electron chi connectivity index (χ4n) is 9.92. The SMILES string of the molecule is CC(C)(C)[Si](C)(C)OCCCCCCCCCCCOCCO[C@H]1C[C@@]2(C)C(CCC23OCCO3)[C@H]2CCc3cc(OCc4ccccc4)ccc3[C@H]12. The minimum atomic E-state index is -1.59. The summed E-state index contributed by atoms with van der Waals surface area (Å²) in [6.45, 7) is 19.2. The zero-order chi connectivity index (χ0) is 37.4. The molecule has 6 nitrogen and oxygen atoms in total. The smallest absolute Gasteiger partial charge is 0.191 e. The van der Waals surface area contributed by atoms with E-state index in [2.05, 4.69) is 89.3 Å². The maximum absolute atomic E-state index is 6.89. The van der Waals surface area contributed by atoms with E-state index in [4.69, 9.17) is 28.1 Å². The molecule has 0 amide bonds. The highest BCUT2D eigenvalue weighted by molar-refractivity contribution is 6.74. The molecule has 7 heteroatoms. The quantitative estimate of drug-likeness (QED) is 0.0993. The maximum atomic E-state index is 6.89. The van der Waals surface area contributed by atoms with Crippen LogP contribution in [0.2, 0.25) is 18.1 Å². The molecule has 0 N–H and O–H groups in total. The van der Waals surface area contributed by atoms with Gasteiger partial charge in [0.15, 0.2) is 14.1 Å². The molecule has 1 heterocycles. The van der Waals surface area contributed by atoms with Gasteiger partial charge in [0.1, 0.15) is 12.4 Å². The second kappa shape index (κ2) is 18.5. The van der Waals surface area contributed by atoms with Gasteiger partial charge in [-0.2, -0.15) is 0 Å². The lowest BCUT2D eigenvalue weighted by molar-refractivity contribution is -0.250. The standard InChI is InChI=1S/C46H72O6Si/c1-44(2,3)53(5,6)52-28-18-13-11-9-7-8-10-12-17-27-47-29-30-48-42-34-45(4)41(25-26-46(45)50-31-32-51-46)40-23-21-37-33-38(22-24-39(37)43(40)42)49-35-36-19-15-14-16-20-36/h14-16,19-20,22,24,33,40-43H,7-13,17-18,21,23,25-32,34-35H2,1-6H3/t40-,41?,42+,43+,45+/m1/s1. The Kier molecular flexibility index (Phi) is 14.3. The Bertz CT molecular complexity index is 1400. The summed E-state index contributed by atoms with van der Waals surface area (Å²) < 4.78 is 38.6. The summed E-state index contributed by atoms with van der Waals surface area (Å²) in [7, 11) is -1.59. The number of ether oxygens (including phenoxy) is 5. The molecule has 1 aliphatic heterocycles. The Balaban J connectivity index is 0.922. The fourth-order valence-corrected chi connectivity index (χ4v) is 11.0. The maximum Gasteiger partial charge on any atom is 0.191 e. The van der Waals surface area contributed by atoms with Crippen LogP contribution in [0.1, 0.15) is 134 Å². The Morgan fingerprint density at radius 3 is 2.17 bits per heavy atom. The van der Waals surface area contributed by atoms with Crippen LogP contribution in [-0.4, -0.2) is 59.8 Å². The molecular formula is C46H72O6Si. The molecule has 296 valence electrons. The van der Waals surface area contributed by atoms with Crippen molar-refractivity contribution in [2.75, 3.05) is 39.6 Å². The molecule has 2 aromatic rings. The zero-order valence-electron chi connectivity index (χ0n) is 34.2. The first-order valence-electron chi connectivity index (χ1n) is 21.4. The van der Waals surface area contributed by atoms with E-state index in [0.717, 1.165) is 44.6 Å². The summed E-state index contributed by atoms with van der Waals surface area (Å²) in [6, 6.07) is 17.3. The summed E-state index contributed by atoms with van der Waals surface area (Å²) in [5.41, 5.74) is 4.05. The van der Waals surface area contributed by atoms with E-state index in [1.54, 1.807) is 0 Å². The predicted octanol–water partition coefficient (Wildman–Crippen LogP) is 11.4. The third-order valence-corrected chi connectivity index (χ3v) is 18.5. The number of rotatable bonds is 20. The van der Waals surface area contributed by atoms with E-state index in [1.807, 2.05) is 0 Å². The summed E-state index contributed by atoms with van der Waals surface area (Å²) in [4.78, 5) is 0. The zero-order valence-corrected chi connectivity index (χ0v) is 35.2. The Labute approximate surface area is 323 Å². The van der Waals surface area contributed by atoms with Crippen LogP contribution in [0, 0.1) is 17.3 Å². The van der Waals surface area contributed by atoms with E-state index in [0.29, 0.717) is 55.8 Å². The highest BCUT2D eigenvalue weighted by atomic mass is 28.4. The number of benzene rings is 2. The molecule has 1 unspecified atom stereocenters. The number of aryl methyl sites for hydroxylation is 1. The molecule has 4 aliphatic rings. The average molecular weight is 749 g/mol.